The zero-order valence-corrected chi connectivity index (χ0v) is 12.8. The van der Waals surface area contributed by atoms with Crippen molar-refractivity contribution in [1.82, 2.24) is 0 Å². The molecule has 2 aromatic carbocycles. The molecule has 0 unspecified atom stereocenters. The average Bonchev–Trinajstić information content (AvgIpc) is 3.27. The van der Waals surface area contributed by atoms with Crippen molar-refractivity contribution in [3.8, 4) is 0 Å². The Kier molecular flexibility index (Phi) is 1.54. The standard InChI is InChI=1S/C22H20/c1-2-6-16-15(5-1)19-12-20(16)22-14-10-9-13(11-14)21(19,22)17-7-3-4-8-18(17)22/h1-8,13-14,19-20H,9-12H2/t13-,14-,19-,20-,21-,22+/m1/s1. The van der Waals surface area contributed by atoms with Gasteiger partial charge in [0, 0.05) is 10.8 Å². The second-order valence-corrected chi connectivity index (χ2v) is 8.46. The van der Waals surface area contributed by atoms with Crippen LogP contribution in [0.4, 0.5) is 0 Å². The van der Waals surface area contributed by atoms with E-state index >= 15 is 0 Å². The zero-order chi connectivity index (χ0) is 14.1. The molecule has 0 saturated heterocycles. The van der Waals surface area contributed by atoms with Crippen LogP contribution in [-0.4, -0.2) is 0 Å². The fraction of sp³-hybridized carbons (Fsp3) is 0.455. The van der Waals surface area contributed by atoms with Crippen LogP contribution in [0.25, 0.3) is 0 Å². The van der Waals surface area contributed by atoms with Gasteiger partial charge in [0.15, 0.2) is 0 Å². The lowest BCUT2D eigenvalue weighted by molar-refractivity contribution is 0.0775. The van der Waals surface area contributed by atoms with Gasteiger partial charge in [0.1, 0.15) is 0 Å². The molecule has 4 bridgehead atoms. The molecule has 7 rings (SSSR count). The summed E-state index contributed by atoms with van der Waals surface area (Å²) in [6.07, 6.45) is 5.93. The molecule has 0 aromatic heterocycles. The third-order valence-electron chi connectivity index (χ3n) is 8.54. The van der Waals surface area contributed by atoms with Crippen molar-refractivity contribution in [2.24, 2.45) is 11.8 Å². The zero-order valence-electron chi connectivity index (χ0n) is 12.8. The van der Waals surface area contributed by atoms with E-state index in [1.165, 1.54) is 25.7 Å². The van der Waals surface area contributed by atoms with Gasteiger partial charge in [0.2, 0.25) is 0 Å². The molecule has 0 radical (unpaired) electrons. The van der Waals surface area contributed by atoms with E-state index in [-0.39, 0.29) is 0 Å². The van der Waals surface area contributed by atoms with Gasteiger partial charge < -0.3 is 0 Å². The SMILES string of the molecule is c1ccc2c(c1)[C@H]1C[C@H]2[C@]23c4ccccc4[C@]12[C@@H]1CC[C@@H]3C1. The third kappa shape index (κ3) is 0.751. The molecule has 0 heteroatoms. The second kappa shape index (κ2) is 3.07. The van der Waals surface area contributed by atoms with Crippen LogP contribution in [0, 0.1) is 11.8 Å². The van der Waals surface area contributed by atoms with E-state index in [0.29, 0.717) is 10.8 Å². The van der Waals surface area contributed by atoms with Crippen molar-refractivity contribution in [2.45, 2.75) is 48.3 Å². The molecule has 3 fully saturated rings. The molecule has 0 amide bonds. The smallest absolute Gasteiger partial charge is 0.0159 e. The van der Waals surface area contributed by atoms with E-state index < -0.39 is 0 Å². The highest BCUT2D eigenvalue weighted by atomic mass is 14.9. The highest BCUT2D eigenvalue weighted by Crippen LogP contribution is 2.88. The summed E-state index contributed by atoms with van der Waals surface area (Å²) in [5.74, 6) is 3.57. The molecule has 5 aliphatic carbocycles. The van der Waals surface area contributed by atoms with Crippen LogP contribution in [0.15, 0.2) is 48.5 Å². The minimum absolute atomic E-state index is 0.533. The highest BCUT2D eigenvalue weighted by molar-refractivity contribution is 5.70. The Bertz CT molecular complexity index is 781. The number of fused-ring (bicyclic) bond motifs is 8. The summed E-state index contributed by atoms with van der Waals surface area (Å²) >= 11 is 0. The Morgan fingerprint density at radius 1 is 0.636 bits per heavy atom. The molecule has 2 aromatic rings. The molecule has 3 saturated carbocycles. The van der Waals surface area contributed by atoms with Gasteiger partial charge in [-0.05, 0) is 71.6 Å². The summed E-state index contributed by atoms with van der Waals surface area (Å²) in [5, 5.41) is 0. The lowest BCUT2D eigenvalue weighted by atomic mass is 9.37. The van der Waals surface area contributed by atoms with Crippen LogP contribution in [0.2, 0.25) is 0 Å². The molecular formula is C22H20. The first-order valence-corrected chi connectivity index (χ1v) is 9.09. The molecular weight excluding hydrogens is 264 g/mol. The van der Waals surface area contributed by atoms with Gasteiger partial charge in [-0.3, -0.25) is 0 Å². The fourth-order valence-electron chi connectivity index (χ4n) is 8.53. The minimum Gasteiger partial charge on any atom is -0.0620 e. The summed E-state index contributed by atoms with van der Waals surface area (Å²) in [7, 11) is 0. The minimum atomic E-state index is 0.533. The van der Waals surface area contributed by atoms with Gasteiger partial charge in [-0.25, -0.2) is 0 Å². The highest BCUT2D eigenvalue weighted by Gasteiger charge is 2.84. The van der Waals surface area contributed by atoms with Crippen LogP contribution >= 0.6 is 0 Å². The lowest BCUT2D eigenvalue weighted by Gasteiger charge is -2.65. The van der Waals surface area contributed by atoms with Gasteiger partial charge in [-0.15, -0.1) is 0 Å². The summed E-state index contributed by atoms with van der Waals surface area (Å²) in [6.45, 7) is 0. The van der Waals surface area contributed by atoms with Crippen molar-refractivity contribution < 1.29 is 0 Å². The van der Waals surface area contributed by atoms with Gasteiger partial charge in [-0.1, -0.05) is 48.5 Å². The quantitative estimate of drug-likeness (QED) is 0.646. The Morgan fingerprint density at radius 3 is 1.68 bits per heavy atom. The molecule has 6 atom stereocenters. The Morgan fingerprint density at radius 2 is 1.14 bits per heavy atom. The summed E-state index contributed by atoms with van der Waals surface area (Å²) < 4.78 is 0. The van der Waals surface area contributed by atoms with Crippen LogP contribution in [0.5, 0.6) is 0 Å². The lowest BCUT2D eigenvalue weighted by Crippen LogP contribution is -2.63. The van der Waals surface area contributed by atoms with Crippen LogP contribution in [-0.2, 0) is 10.8 Å². The maximum Gasteiger partial charge on any atom is 0.0159 e. The Labute approximate surface area is 131 Å². The monoisotopic (exact) mass is 284 g/mol. The molecule has 108 valence electrons. The Hall–Kier alpha value is -1.56. The van der Waals surface area contributed by atoms with Gasteiger partial charge in [0.05, 0.1) is 0 Å². The number of rotatable bonds is 0. The summed E-state index contributed by atoms with van der Waals surface area (Å²) in [4.78, 5) is 0. The van der Waals surface area contributed by atoms with E-state index in [2.05, 4.69) is 48.5 Å². The summed E-state index contributed by atoms with van der Waals surface area (Å²) in [5.41, 5.74) is 8.00. The van der Waals surface area contributed by atoms with E-state index in [9.17, 15) is 0 Å². The van der Waals surface area contributed by atoms with Gasteiger partial charge in [-0.2, -0.15) is 0 Å². The fourth-order valence-corrected chi connectivity index (χ4v) is 8.53. The number of hydrogen-bond acceptors (Lipinski definition) is 0. The second-order valence-electron chi connectivity index (χ2n) is 8.46. The van der Waals surface area contributed by atoms with Crippen LogP contribution in [0.1, 0.15) is 59.8 Å². The van der Waals surface area contributed by atoms with Crippen molar-refractivity contribution in [2.75, 3.05) is 0 Å². The first kappa shape index (κ1) is 11.0. The maximum absolute atomic E-state index is 2.48. The van der Waals surface area contributed by atoms with E-state index in [1.807, 2.05) is 0 Å². The first-order valence-electron chi connectivity index (χ1n) is 9.09. The Balaban J connectivity index is 1.64. The largest absolute Gasteiger partial charge is 0.0620 e. The topological polar surface area (TPSA) is 0 Å². The van der Waals surface area contributed by atoms with Crippen LogP contribution < -0.4 is 0 Å². The molecule has 0 spiro atoms. The van der Waals surface area contributed by atoms with Crippen molar-refractivity contribution in [1.29, 1.82) is 0 Å². The number of hydrogen-bond donors (Lipinski definition) is 0. The van der Waals surface area contributed by atoms with Gasteiger partial charge in [0.25, 0.3) is 0 Å². The van der Waals surface area contributed by atoms with Crippen molar-refractivity contribution >= 4 is 0 Å². The molecule has 0 heterocycles. The van der Waals surface area contributed by atoms with Crippen LogP contribution in [0.3, 0.4) is 0 Å². The number of benzene rings is 2. The van der Waals surface area contributed by atoms with E-state index in [4.69, 9.17) is 0 Å². The molecule has 22 heavy (non-hydrogen) atoms. The molecule has 0 nitrogen and oxygen atoms in total. The predicted octanol–water partition coefficient (Wildman–Crippen LogP) is 4.89. The molecule has 5 aliphatic rings. The molecule has 0 N–H and O–H groups in total. The third-order valence-corrected chi connectivity index (χ3v) is 8.54. The van der Waals surface area contributed by atoms with Crippen molar-refractivity contribution in [3.63, 3.8) is 0 Å². The normalized spacial score (nSPS) is 47.6. The van der Waals surface area contributed by atoms with E-state index in [1.54, 1.807) is 22.3 Å². The average molecular weight is 284 g/mol. The summed E-state index contributed by atoms with van der Waals surface area (Å²) in [6, 6.07) is 19.0. The first-order chi connectivity index (χ1) is 10.9. The van der Waals surface area contributed by atoms with Crippen molar-refractivity contribution in [3.05, 3.63) is 70.8 Å². The molecule has 0 aliphatic heterocycles. The predicted molar refractivity (Wildman–Crippen MR) is 87.2 cm³/mol. The van der Waals surface area contributed by atoms with E-state index in [0.717, 1.165) is 23.7 Å². The van der Waals surface area contributed by atoms with Gasteiger partial charge >= 0.3 is 0 Å². The maximum atomic E-state index is 2.48.